The first-order valence-corrected chi connectivity index (χ1v) is 6.94. The van der Waals surface area contributed by atoms with E-state index in [2.05, 4.69) is 15.9 Å². The Labute approximate surface area is 122 Å². The summed E-state index contributed by atoms with van der Waals surface area (Å²) < 4.78 is 0.953. The highest BCUT2D eigenvalue weighted by Gasteiger charge is 2.19. The van der Waals surface area contributed by atoms with Gasteiger partial charge in [0.05, 0.1) is 6.54 Å². The lowest BCUT2D eigenvalue weighted by Crippen LogP contribution is -2.40. The highest BCUT2D eigenvalue weighted by molar-refractivity contribution is 9.10. The molecule has 5 heteroatoms. The van der Waals surface area contributed by atoms with Crippen molar-refractivity contribution in [3.05, 3.63) is 33.8 Å². The molecule has 4 nitrogen and oxygen atoms in total. The maximum absolute atomic E-state index is 12.4. The average molecular weight is 327 g/mol. The molecule has 0 saturated heterocycles. The molecule has 1 aromatic rings. The van der Waals surface area contributed by atoms with Crippen molar-refractivity contribution >= 4 is 27.7 Å². The number of rotatable bonds is 5. The van der Waals surface area contributed by atoms with Crippen LogP contribution in [0.5, 0.6) is 0 Å². The van der Waals surface area contributed by atoms with Crippen molar-refractivity contribution in [3.63, 3.8) is 0 Å². The van der Waals surface area contributed by atoms with Crippen LogP contribution in [0.1, 0.15) is 29.8 Å². The van der Waals surface area contributed by atoms with E-state index in [-0.39, 0.29) is 18.4 Å². The number of nitrogens with zero attached hydrogens (tertiary/aromatic N) is 1. The van der Waals surface area contributed by atoms with E-state index in [0.29, 0.717) is 12.1 Å². The fourth-order valence-electron chi connectivity index (χ4n) is 1.81. The third kappa shape index (κ3) is 4.67. The van der Waals surface area contributed by atoms with Crippen LogP contribution in [0.25, 0.3) is 0 Å². The van der Waals surface area contributed by atoms with Crippen LogP contribution >= 0.6 is 15.9 Å². The quantitative estimate of drug-likeness (QED) is 0.902. The minimum Gasteiger partial charge on any atom is -0.368 e. The third-order valence-electron chi connectivity index (χ3n) is 2.62. The average Bonchev–Trinajstić information content (AvgIpc) is 2.29. The zero-order valence-electron chi connectivity index (χ0n) is 11.4. The Morgan fingerprint density at radius 2 is 2.00 bits per heavy atom. The first-order valence-electron chi connectivity index (χ1n) is 6.15. The first-order chi connectivity index (χ1) is 8.81. The Bertz CT molecular complexity index is 486. The molecular formula is C14H19BrN2O2. The van der Waals surface area contributed by atoms with Gasteiger partial charge < -0.3 is 10.6 Å². The largest absolute Gasteiger partial charge is 0.368 e. The standard InChI is InChI=1S/C14H19BrN2O2/c1-9(2)7-17(8-13(16)18)14(19)11-4-5-12(15)10(3)6-11/h4-6,9H,7-8H2,1-3H3,(H2,16,18). The second-order valence-electron chi connectivity index (χ2n) is 5.01. The summed E-state index contributed by atoms with van der Waals surface area (Å²) in [5.74, 6) is -0.384. The second-order valence-corrected chi connectivity index (χ2v) is 5.86. The van der Waals surface area contributed by atoms with Crippen LogP contribution in [0.15, 0.2) is 22.7 Å². The molecule has 0 fully saturated rings. The van der Waals surface area contributed by atoms with Crippen molar-refractivity contribution in [3.8, 4) is 0 Å². The number of primary amides is 1. The zero-order valence-corrected chi connectivity index (χ0v) is 13.0. The van der Waals surface area contributed by atoms with E-state index in [4.69, 9.17) is 5.73 Å². The molecule has 0 atom stereocenters. The van der Waals surface area contributed by atoms with Crippen LogP contribution in [0, 0.1) is 12.8 Å². The summed E-state index contributed by atoms with van der Waals surface area (Å²) in [5.41, 5.74) is 6.75. The number of carbonyl (C=O) groups excluding carboxylic acids is 2. The van der Waals surface area contributed by atoms with Gasteiger partial charge in [0.2, 0.25) is 5.91 Å². The molecule has 0 saturated carbocycles. The molecule has 19 heavy (non-hydrogen) atoms. The van der Waals surface area contributed by atoms with Gasteiger partial charge in [-0.05, 0) is 36.6 Å². The molecule has 1 aromatic carbocycles. The predicted molar refractivity (Wildman–Crippen MR) is 78.8 cm³/mol. The molecular weight excluding hydrogens is 308 g/mol. The molecule has 0 spiro atoms. The number of hydrogen-bond acceptors (Lipinski definition) is 2. The van der Waals surface area contributed by atoms with Crippen molar-refractivity contribution in [2.24, 2.45) is 11.7 Å². The molecule has 0 unspecified atom stereocenters. The molecule has 0 bridgehead atoms. The van der Waals surface area contributed by atoms with Crippen LogP contribution in [-0.4, -0.2) is 29.8 Å². The molecule has 2 amide bonds. The summed E-state index contributed by atoms with van der Waals surface area (Å²) >= 11 is 3.40. The van der Waals surface area contributed by atoms with Gasteiger partial charge in [0, 0.05) is 16.6 Å². The molecule has 0 aliphatic rings. The summed E-state index contributed by atoms with van der Waals surface area (Å²) in [5, 5.41) is 0. The van der Waals surface area contributed by atoms with Crippen molar-refractivity contribution in [1.29, 1.82) is 0 Å². The first kappa shape index (κ1) is 15.7. The Balaban J connectivity index is 2.97. The molecule has 0 aliphatic heterocycles. The Morgan fingerprint density at radius 1 is 1.37 bits per heavy atom. The van der Waals surface area contributed by atoms with Gasteiger partial charge in [-0.2, -0.15) is 0 Å². The smallest absolute Gasteiger partial charge is 0.254 e. The van der Waals surface area contributed by atoms with E-state index in [9.17, 15) is 9.59 Å². The van der Waals surface area contributed by atoms with Gasteiger partial charge in [0.15, 0.2) is 0 Å². The fraction of sp³-hybridized carbons (Fsp3) is 0.429. The van der Waals surface area contributed by atoms with E-state index in [0.717, 1.165) is 10.0 Å². The Hall–Kier alpha value is -1.36. The topological polar surface area (TPSA) is 63.4 Å². The lowest BCUT2D eigenvalue weighted by Gasteiger charge is -2.23. The van der Waals surface area contributed by atoms with Crippen LogP contribution in [-0.2, 0) is 4.79 Å². The molecule has 0 aliphatic carbocycles. The van der Waals surface area contributed by atoms with Crippen LogP contribution in [0.2, 0.25) is 0 Å². The highest BCUT2D eigenvalue weighted by Crippen LogP contribution is 2.18. The highest BCUT2D eigenvalue weighted by atomic mass is 79.9. The van der Waals surface area contributed by atoms with E-state index >= 15 is 0 Å². The maximum Gasteiger partial charge on any atom is 0.254 e. The molecule has 1 rings (SSSR count). The van der Waals surface area contributed by atoms with E-state index in [1.807, 2.05) is 26.8 Å². The molecule has 0 heterocycles. The third-order valence-corrected chi connectivity index (χ3v) is 3.51. The number of carbonyl (C=O) groups is 2. The van der Waals surface area contributed by atoms with Gasteiger partial charge in [-0.1, -0.05) is 29.8 Å². The predicted octanol–water partition coefficient (Wildman–Crippen LogP) is 2.34. The van der Waals surface area contributed by atoms with Gasteiger partial charge in [-0.3, -0.25) is 9.59 Å². The number of hydrogen-bond donors (Lipinski definition) is 1. The van der Waals surface area contributed by atoms with E-state index < -0.39 is 5.91 Å². The van der Waals surface area contributed by atoms with Crippen molar-refractivity contribution in [2.45, 2.75) is 20.8 Å². The molecule has 2 N–H and O–H groups in total. The van der Waals surface area contributed by atoms with Crippen LogP contribution in [0.4, 0.5) is 0 Å². The lowest BCUT2D eigenvalue weighted by atomic mass is 10.1. The Kier molecular flexibility index (Phi) is 5.54. The minimum absolute atomic E-state index is 0.0495. The van der Waals surface area contributed by atoms with Gasteiger partial charge >= 0.3 is 0 Å². The summed E-state index contributed by atoms with van der Waals surface area (Å²) in [7, 11) is 0. The normalized spacial score (nSPS) is 10.6. The van der Waals surface area contributed by atoms with Gasteiger partial charge in [-0.25, -0.2) is 0 Å². The summed E-state index contributed by atoms with van der Waals surface area (Å²) in [4.78, 5) is 24.9. The SMILES string of the molecule is Cc1cc(C(=O)N(CC(N)=O)CC(C)C)ccc1Br. The lowest BCUT2D eigenvalue weighted by molar-refractivity contribution is -0.118. The maximum atomic E-state index is 12.4. The molecule has 104 valence electrons. The Morgan fingerprint density at radius 3 is 2.47 bits per heavy atom. The van der Waals surface area contributed by atoms with Gasteiger partial charge in [0.25, 0.3) is 5.91 Å². The summed E-state index contributed by atoms with van der Waals surface area (Å²) in [6.45, 7) is 6.37. The fourth-order valence-corrected chi connectivity index (χ4v) is 2.06. The number of aryl methyl sites for hydroxylation is 1. The van der Waals surface area contributed by atoms with Crippen molar-refractivity contribution < 1.29 is 9.59 Å². The summed E-state index contributed by atoms with van der Waals surface area (Å²) in [6.07, 6.45) is 0. The molecule has 0 aromatic heterocycles. The van der Waals surface area contributed by atoms with Crippen molar-refractivity contribution in [2.75, 3.05) is 13.1 Å². The van der Waals surface area contributed by atoms with E-state index in [1.165, 1.54) is 4.90 Å². The second kappa shape index (κ2) is 6.70. The monoisotopic (exact) mass is 326 g/mol. The molecule has 0 radical (unpaired) electrons. The minimum atomic E-state index is -0.497. The van der Waals surface area contributed by atoms with Crippen LogP contribution < -0.4 is 5.73 Å². The van der Waals surface area contributed by atoms with Gasteiger partial charge in [-0.15, -0.1) is 0 Å². The zero-order chi connectivity index (χ0) is 14.6. The van der Waals surface area contributed by atoms with E-state index in [1.54, 1.807) is 12.1 Å². The number of nitrogens with two attached hydrogens (primary N) is 1. The van der Waals surface area contributed by atoms with Crippen molar-refractivity contribution in [1.82, 2.24) is 4.90 Å². The van der Waals surface area contributed by atoms with Gasteiger partial charge in [0.1, 0.15) is 0 Å². The number of halogens is 1. The number of amides is 2. The van der Waals surface area contributed by atoms with Crippen LogP contribution in [0.3, 0.4) is 0 Å². The number of benzene rings is 1. The summed E-state index contributed by atoms with van der Waals surface area (Å²) in [6, 6.07) is 5.38.